The van der Waals surface area contributed by atoms with E-state index in [2.05, 4.69) is 25.3 Å². The number of rotatable bonds is 8. The topological polar surface area (TPSA) is 122 Å². The molecule has 0 radical (unpaired) electrons. The smallest absolute Gasteiger partial charge is 0.281 e. The standard InChI is InChI=1S/C21H26F2N8O3/c1-13(31-16-10-26-27-21(33)19(16)14(2)28-31)12-34-8-3-18(32)30-6-4-29(5-7-30)17-11-24-15(9-25-17)20(22)23/h9-11,13,20H,3-8,12H2,1-2H3,(H,27,33). The van der Waals surface area contributed by atoms with E-state index in [0.717, 1.165) is 6.20 Å². The molecule has 1 aliphatic heterocycles. The van der Waals surface area contributed by atoms with Crippen LogP contribution >= 0.6 is 0 Å². The van der Waals surface area contributed by atoms with Gasteiger partial charge in [0, 0.05) is 26.2 Å². The van der Waals surface area contributed by atoms with Gasteiger partial charge in [0.05, 0.1) is 60.9 Å². The summed E-state index contributed by atoms with van der Waals surface area (Å²) >= 11 is 0. The largest absolute Gasteiger partial charge is 0.379 e. The van der Waals surface area contributed by atoms with Crippen molar-refractivity contribution in [3.63, 3.8) is 0 Å². The van der Waals surface area contributed by atoms with Gasteiger partial charge in [0.2, 0.25) is 5.91 Å². The van der Waals surface area contributed by atoms with E-state index in [4.69, 9.17) is 4.74 Å². The summed E-state index contributed by atoms with van der Waals surface area (Å²) < 4.78 is 32.7. The molecule has 4 rings (SSSR count). The van der Waals surface area contributed by atoms with Crippen molar-refractivity contribution in [2.24, 2.45) is 0 Å². The monoisotopic (exact) mass is 476 g/mol. The van der Waals surface area contributed by atoms with E-state index in [1.165, 1.54) is 6.20 Å². The number of anilines is 1. The lowest BCUT2D eigenvalue weighted by molar-refractivity contribution is -0.132. The van der Waals surface area contributed by atoms with Gasteiger partial charge in [-0.3, -0.25) is 14.3 Å². The van der Waals surface area contributed by atoms with Crippen molar-refractivity contribution < 1.29 is 18.3 Å². The minimum absolute atomic E-state index is 0.0115. The van der Waals surface area contributed by atoms with Crippen molar-refractivity contribution in [3.8, 4) is 0 Å². The number of aryl methyl sites for hydroxylation is 1. The van der Waals surface area contributed by atoms with E-state index < -0.39 is 6.43 Å². The predicted molar refractivity (Wildman–Crippen MR) is 119 cm³/mol. The van der Waals surface area contributed by atoms with E-state index in [1.807, 2.05) is 11.8 Å². The number of carbonyl (C=O) groups excluding carboxylic acids is 1. The number of nitrogens with one attached hydrogen (secondary N) is 1. The molecule has 0 spiro atoms. The third kappa shape index (κ3) is 5.03. The number of alkyl halides is 2. The lowest BCUT2D eigenvalue weighted by Crippen LogP contribution is -2.49. The number of hydrogen-bond acceptors (Lipinski definition) is 8. The molecule has 182 valence electrons. The molecule has 0 aliphatic carbocycles. The normalized spacial score (nSPS) is 15.3. The van der Waals surface area contributed by atoms with Crippen LogP contribution < -0.4 is 10.5 Å². The maximum Gasteiger partial charge on any atom is 0.281 e. The van der Waals surface area contributed by atoms with Crippen molar-refractivity contribution in [3.05, 3.63) is 40.3 Å². The van der Waals surface area contributed by atoms with Gasteiger partial charge >= 0.3 is 0 Å². The first-order valence-electron chi connectivity index (χ1n) is 11.0. The van der Waals surface area contributed by atoms with Crippen molar-refractivity contribution in [2.45, 2.75) is 32.7 Å². The molecule has 0 bridgehead atoms. The van der Waals surface area contributed by atoms with E-state index in [1.54, 1.807) is 22.7 Å². The number of aromatic nitrogens is 6. The van der Waals surface area contributed by atoms with Gasteiger partial charge in [-0.25, -0.2) is 23.8 Å². The number of carbonyl (C=O) groups is 1. The van der Waals surface area contributed by atoms with Crippen LogP contribution in [0, 0.1) is 6.92 Å². The summed E-state index contributed by atoms with van der Waals surface area (Å²) in [6.07, 6.45) is 1.58. The van der Waals surface area contributed by atoms with Gasteiger partial charge in [0.1, 0.15) is 11.5 Å². The van der Waals surface area contributed by atoms with Gasteiger partial charge in [-0.2, -0.15) is 10.2 Å². The number of aromatic amines is 1. The Labute approximate surface area is 193 Å². The van der Waals surface area contributed by atoms with E-state index >= 15 is 0 Å². The van der Waals surface area contributed by atoms with E-state index in [9.17, 15) is 18.4 Å². The van der Waals surface area contributed by atoms with Crippen LogP contribution in [-0.4, -0.2) is 80.1 Å². The summed E-state index contributed by atoms with van der Waals surface area (Å²) in [5, 5.41) is 11.2. The Morgan fingerprint density at radius 3 is 2.62 bits per heavy atom. The summed E-state index contributed by atoms with van der Waals surface area (Å²) in [5.74, 6) is 0.509. The highest BCUT2D eigenvalue weighted by Gasteiger charge is 2.22. The van der Waals surface area contributed by atoms with Crippen LogP contribution in [0.15, 0.2) is 23.4 Å². The molecular weight excluding hydrogens is 450 g/mol. The fourth-order valence-corrected chi connectivity index (χ4v) is 3.95. The highest BCUT2D eigenvalue weighted by Crippen LogP contribution is 2.19. The molecule has 1 fully saturated rings. The number of halogens is 2. The van der Waals surface area contributed by atoms with Gasteiger partial charge in [-0.05, 0) is 13.8 Å². The Morgan fingerprint density at radius 1 is 1.18 bits per heavy atom. The van der Waals surface area contributed by atoms with E-state index in [-0.39, 0.29) is 36.2 Å². The minimum Gasteiger partial charge on any atom is -0.379 e. The van der Waals surface area contributed by atoms with Crippen molar-refractivity contribution in [2.75, 3.05) is 44.3 Å². The van der Waals surface area contributed by atoms with Crippen molar-refractivity contribution >= 4 is 22.6 Å². The van der Waals surface area contributed by atoms with Crippen LogP contribution in [0.4, 0.5) is 14.6 Å². The Kier molecular flexibility index (Phi) is 7.10. The number of ether oxygens (including phenoxy) is 1. The molecule has 1 unspecified atom stereocenters. The summed E-state index contributed by atoms with van der Waals surface area (Å²) in [7, 11) is 0. The van der Waals surface area contributed by atoms with Gasteiger partial charge < -0.3 is 14.5 Å². The number of amides is 1. The predicted octanol–water partition coefficient (Wildman–Crippen LogP) is 1.47. The number of fused-ring (bicyclic) bond motifs is 1. The molecule has 34 heavy (non-hydrogen) atoms. The van der Waals surface area contributed by atoms with Gasteiger partial charge in [0.15, 0.2) is 0 Å². The average molecular weight is 476 g/mol. The summed E-state index contributed by atoms with van der Waals surface area (Å²) in [4.78, 5) is 36.0. The van der Waals surface area contributed by atoms with E-state index in [0.29, 0.717) is 55.2 Å². The molecule has 3 aromatic rings. The second-order valence-corrected chi connectivity index (χ2v) is 8.13. The zero-order valence-electron chi connectivity index (χ0n) is 18.9. The van der Waals surface area contributed by atoms with Crippen LogP contribution in [0.1, 0.15) is 37.2 Å². The second-order valence-electron chi connectivity index (χ2n) is 8.13. The fourth-order valence-electron chi connectivity index (χ4n) is 3.95. The third-order valence-electron chi connectivity index (χ3n) is 5.78. The fraction of sp³-hybridized carbons (Fsp3) is 0.524. The molecule has 1 atom stereocenters. The maximum absolute atomic E-state index is 12.6. The highest BCUT2D eigenvalue weighted by molar-refractivity contribution is 5.79. The first-order chi connectivity index (χ1) is 16.3. The van der Waals surface area contributed by atoms with Gasteiger partial charge in [0.25, 0.3) is 12.0 Å². The molecule has 1 N–H and O–H groups in total. The molecule has 4 heterocycles. The molecule has 1 aliphatic rings. The quantitative estimate of drug-likeness (QED) is 0.485. The zero-order valence-corrected chi connectivity index (χ0v) is 18.9. The number of piperazine rings is 1. The minimum atomic E-state index is -2.65. The zero-order chi connectivity index (χ0) is 24.2. The van der Waals surface area contributed by atoms with Gasteiger partial charge in [-0.15, -0.1) is 0 Å². The second kappa shape index (κ2) is 10.2. The van der Waals surface area contributed by atoms with Crippen molar-refractivity contribution in [1.82, 2.24) is 34.8 Å². The Bertz CT molecular complexity index is 1190. The van der Waals surface area contributed by atoms with Crippen molar-refractivity contribution in [1.29, 1.82) is 0 Å². The maximum atomic E-state index is 12.6. The van der Waals surface area contributed by atoms with Gasteiger partial charge in [-0.1, -0.05) is 0 Å². The molecule has 1 amide bonds. The molecule has 0 saturated carbocycles. The average Bonchev–Trinajstić information content (AvgIpc) is 3.19. The van der Waals surface area contributed by atoms with Crippen LogP contribution in [-0.2, 0) is 9.53 Å². The Hall–Kier alpha value is -3.48. The van der Waals surface area contributed by atoms with Crippen LogP contribution in [0.3, 0.4) is 0 Å². The molecule has 0 aromatic carbocycles. The lowest BCUT2D eigenvalue weighted by Gasteiger charge is -2.35. The molecular formula is C21H26F2N8O3. The molecule has 13 heteroatoms. The third-order valence-corrected chi connectivity index (χ3v) is 5.78. The summed E-state index contributed by atoms with van der Waals surface area (Å²) in [5.41, 5.74) is 0.626. The SMILES string of the molecule is Cc1nn(C(C)COCCC(=O)N2CCN(c3cnc(C(F)F)cn3)CC2)c2cn[nH]c(=O)c12. The first kappa shape index (κ1) is 23.7. The first-order valence-corrected chi connectivity index (χ1v) is 11.0. The number of hydrogen-bond donors (Lipinski definition) is 1. The molecule has 11 nitrogen and oxygen atoms in total. The van der Waals surface area contributed by atoms with Crippen LogP contribution in [0.2, 0.25) is 0 Å². The number of nitrogens with zero attached hydrogens (tertiary/aromatic N) is 7. The Morgan fingerprint density at radius 2 is 1.94 bits per heavy atom. The lowest BCUT2D eigenvalue weighted by atomic mass is 10.2. The molecule has 3 aromatic heterocycles. The van der Waals surface area contributed by atoms with Crippen LogP contribution in [0.25, 0.3) is 10.9 Å². The summed E-state index contributed by atoms with van der Waals surface area (Å²) in [6.45, 7) is 6.39. The highest BCUT2D eigenvalue weighted by atomic mass is 19.3. The Balaban J connectivity index is 1.21. The number of H-pyrrole nitrogens is 1. The molecule has 1 saturated heterocycles. The van der Waals surface area contributed by atoms with Crippen LogP contribution in [0.5, 0.6) is 0 Å². The summed E-state index contributed by atoms with van der Waals surface area (Å²) in [6, 6.07) is -0.143.